The zero-order valence-corrected chi connectivity index (χ0v) is 16.9. The van der Waals surface area contributed by atoms with Gasteiger partial charge in [0.2, 0.25) is 5.91 Å². The Labute approximate surface area is 178 Å². The second-order valence-corrected chi connectivity index (χ2v) is 7.21. The van der Waals surface area contributed by atoms with Gasteiger partial charge in [-0.3, -0.25) is 9.59 Å². The number of carbonyl (C=O) groups excluding carboxylic acids is 3. The van der Waals surface area contributed by atoms with E-state index in [2.05, 4.69) is 26.2 Å². The second kappa shape index (κ2) is 8.74. The van der Waals surface area contributed by atoms with Crippen LogP contribution >= 0.6 is 0 Å². The molecule has 0 radical (unpaired) electrons. The summed E-state index contributed by atoms with van der Waals surface area (Å²) in [4.78, 5) is 38.7. The van der Waals surface area contributed by atoms with Gasteiger partial charge in [0.25, 0.3) is 0 Å². The Morgan fingerprint density at radius 2 is 1.84 bits per heavy atom. The normalized spacial score (nSPS) is 15.5. The lowest BCUT2D eigenvalue weighted by atomic mass is 10.1. The van der Waals surface area contributed by atoms with Gasteiger partial charge in [-0.2, -0.15) is 0 Å². The van der Waals surface area contributed by atoms with Crippen molar-refractivity contribution in [3.63, 3.8) is 0 Å². The van der Waals surface area contributed by atoms with E-state index < -0.39 is 6.04 Å². The molecule has 1 aliphatic rings. The van der Waals surface area contributed by atoms with Crippen molar-refractivity contribution in [2.45, 2.75) is 25.8 Å². The lowest BCUT2D eigenvalue weighted by Gasteiger charge is -2.24. The number of tetrazole rings is 1. The van der Waals surface area contributed by atoms with Gasteiger partial charge in [0, 0.05) is 23.5 Å². The maximum absolute atomic E-state index is 12.8. The number of hydrogen-bond acceptors (Lipinski definition) is 6. The summed E-state index contributed by atoms with van der Waals surface area (Å²) in [6, 6.07) is 12.9. The molecule has 3 amide bonds. The number of urea groups is 1. The van der Waals surface area contributed by atoms with Crippen LogP contribution in [0.5, 0.6) is 0 Å². The van der Waals surface area contributed by atoms with Crippen molar-refractivity contribution in [2.75, 3.05) is 17.2 Å². The zero-order chi connectivity index (χ0) is 21.8. The lowest BCUT2D eigenvalue weighted by molar-refractivity contribution is -0.119. The van der Waals surface area contributed by atoms with Crippen LogP contribution in [0.3, 0.4) is 0 Å². The minimum Gasteiger partial charge on any atom is -0.324 e. The summed E-state index contributed by atoms with van der Waals surface area (Å²) in [7, 11) is 0. The van der Waals surface area contributed by atoms with Gasteiger partial charge in [-0.15, -0.1) is 5.10 Å². The van der Waals surface area contributed by atoms with Gasteiger partial charge in [0.1, 0.15) is 12.4 Å². The van der Waals surface area contributed by atoms with Gasteiger partial charge in [-0.25, -0.2) is 9.48 Å². The molecule has 0 bridgehead atoms. The zero-order valence-electron chi connectivity index (χ0n) is 16.9. The molecule has 1 aromatic heterocycles. The molecule has 10 heteroatoms. The van der Waals surface area contributed by atoms with Crippen LogP contribution in [0, 0.1) is 0 Å². The summed E-state index contributed by atoms with van der Waals surface area (Å²) < 4.78 is 1.51. The maximum atomic E-state index is 12.8. The highest BCUT2D eigenvalue weighted by Gasteiger charge is 2.34. The largest absolute Gasteiger partial charge is 0.324 e. The Hall–Kier alpha value is -4.08. The Kier molecular flexibility index (Phi) is 5.69. The molecule has 10 nitrogen and oxygen atoms in total. The molecule has 0 saturated carbocycles. The van der Waals surface area contributed by atoms with Crippen LogP contribution in [0.2, 0.25) is 0 Å². The van der Waals surface area contributed by atoms with Crippen LogP contribution in [0.4, 0.5) is 16.2 Å². The number of nitrogens with one attached hydrogen (secondary N) is 2. The standard InChI is InChI=1S/C21H21N7O3/c1-14(29)15-4-2-5-17(12-15)24-21(31)27-11-3-6-19(27)20(30)23-16-7-9-18(10-8-16)28-13-22-25-26-28/h2,4-5,7-10,12-13,19H,3,6,11H2,1H3,(H,23,30)(H,24,31). The number of nitrogens with zero attached hydrogens (tertiary/aromatic N) is 5. The lowest BCUT2D eigenvalue weighted by Crippen LogP contribution is -2.45. The van der Waals surface area contributed by atoms with Crippen molar-refractivity contribution >= 4 is 29.1 Å². The van der Waals surface area contributed by atoms with Gasteiger partial charge in [0.05, 0.1) is 5.69 Å². The Morgan fingerprint density at radius 1 is 1.03 bits per heavy atom. The van der Waals surface area contributed by atoms with Gasteiger partial charge in [0.15, 0.2) is 5.78 Å². The minimum absolute atomic E-state index is 0.0828. The number of likely N-dealkylation sites (tertiary alicyclic amines) is 1. The van der Waals surface area contributed by atoms with Crippen LogP contribution in [-0.4, -0.2) is 55.4 Å². The molecule has 158 valence electrons. The van der Waals surface area contributed by atoms with Crippen molar-refractivity contribution in [1.29, 1.82) is 0 Å². The van der Waals surface area contributed by atoms with E-state index in [9.17, 15) is 14.4 Å². The first-order chi connectivity index (χ1) is 15.0. The average Bonchev–Trinajstić information content (AvgIpc) is 3.47. The highest BCUT2D eigenvalue weighted by molar-refractivity contribution is 6.00. The first-order valence-electron chi connectivity index (χ1n) is 9.84. The number of hydrogen-bond donors (Lipinski definition) is 2. The van der Waals surface area contributed by atoms with Crippen molar-refractivity contribution in [1.82, 2.24) is 25.1 Å². The van der Waals surface area contributed by atoms with E-state index in [1.807, 2.05) is 0 Å². The van der Waals surface area contributed by atoms with E-state index in [-0.39, 0.29) is 17.7 Å². The Bertz CT molecular complexity index is 1100. The summed E-state index contributed by atoms with van der Waals surface area (Å²) >= 11 is 0. The van der Waals surface area contributed by atoms with Crippen LogP contribution in [0.15, 0.2) is 54.9 Å². The van der Waals surface area contributed by atoms with E-state index in [0.29, 0.717) is 29.9 Å². The number of anilines is 2. The van der Waals surface area contributed by atoms with Crippen molar-refractivity contribution in [3.8, 4) is 5.69 Å². The van der Waals surface area contributed by atoms with Gasteiger partial charge in [-0.1, -0.05) is 12.1 Å². The van der Waals surface area contributed by atoms with Crippen molar-refractivity contribution in [3.05, 3.63) is 60.4 Å². The summed E-state index contributed by atoms with van der Waals surface area (Å²) in [5.74, 6) is -0.332. The molecule has 3 aromatic rings. The van der Waals surface area contributed by atoms with Crippen LogP contribution < -0.4 is 10.6 Å². The molecule has 31 heavy (non-hydrogen) atoms. The predicted octanol–water partition coefficient (Wildman–Crippen LogP) is 2.50. The second-order valence-electron chi connectivity index (χ2n) is 7.21. The molecule has 2 N–H and O–H groups in total. The average molecular weight is 419 g/mol. The highest BCUT2D eigenvalue weighted by atomic mass is 16.2. The molecule has 1 fully saturated rings. The fourth-order valence-corrected chi connectivity index (χ4v) is 3.50. The maximum Gasteiger partial charge on any atom is 0.322 e. The summed E-state index contributed by atoms with van der Waals surface area (Å²) in [6.07, 6.45) is 2.79. The first kappa shape index (κ1) is 20.2. The monoisotopic (exact) mass is 419 g/mol. The first-order valence-corrected chi connectivity index (χ1v) is 9.84. The van der Waals surface area contributed by atoms with Gasteiger partial charge in [-0.05, 0) is 66.6 Å². The number of amides is 3. The number of carbonyl (C=O) groups is 3. The van der Waals surface area contributed by atoms with E-state index in [0.717, 1.165) is 12.1 Å². The number of aromatic nitrogens is 4. The van der Waals surface area contributed by atoms with Crippen molar-refractivity contribution in [2.24, 2.45) is 0 Å². The molecule has 4 rings (SSSR count). The fourth-order valence-electron chi connectivity index (χ4n) is 3.50. The SMILES string of the molecule is CC(=O)c1cccc(NC(=O)N2CCCC2C(=O)Nc2ccc(-n3cnnn3)cc2)c1. The molecule has 1 saturated heterocycles. The fraction of sp³-hybridized carbons (Fsp3) is 0.238. The Balaban J connectivity index is 1.40. The van der Waals surface area contributed by atoms with E-state index in [1.54, 1.807) is 48.5 Å². The molecule has 1 unspecified atom stereocenters. The molecule has 1 aliphatic heterocycles. The third-order valence-electron chi connectivity index (χ3n) is 5.09. The summed E-state index contributed by atoms with van der Waals surface area (Å²) in [5, 5.41) is 16.6. The molecule has 0 aliphatic carbocycles. The molecule has 2 aromatic carbocycles. The van der Waals surface area contributed by atoms with Crippen molar-refractivity contribution < 1.29 is 14.4 Å². The summed E-state index contributed by atoms with van der Waals surface area (Å²) in [5.41, 5.74) is 2.40. The van der Waals surface area contributed by atoms with E-state index in [4.69, 9.17) is 0 Å². The van der Waals surface area contributed by atoms with Gasteiger partial charge >= 0.3 is 6.03 Å². The quantitative estimate of drug-likeness (QED) is 0.613. The predicted molar refractivity (Wildman–Crippen MR) is 113 cm³/mol. The smallest absolute Gasteiger partial charge is 0.322 e. The topological polar surface area (TPSA) is 122 Å². The summed E-state index contributed by atoms with van der Waals surface area (Å²) in [6.45, 7) is 1.95. The molecule has 2 heterocycles. The number of rotatable bonds is 5. The molecule has 1 atom stereocenters. The Morgan fingerprint density at radius 3 is 2.55 bits per heavy atom. The third kappa shape index (κ3) is 4.58. The molecular weight excluding hydrogens is 398 g/mol. The van der Waals surface area contributed by atoms with Crippen LogP contribution in [-0.2, 0) is 4.79 Å². The number of ketones is 1. The third-order valence-corrected chi connectivity index (χ3v) is 5.09. The minimum atomic E-state index is -0.574. The highest BCUT2D eigenvalue weighted by Crippen LogP contribution is 2.22. The van der Waals surface area contributed by atoms with E-state index >= 15 is 0 Å². The number of benzene rings is 2. The molecular formula is C21H21N7O3. The van der Waals surface area contributed by atoms with Crippen LogP contribution in [0.25, 0.3) is 5.69 Å². The van der Waals surface area contributed by atoms with Crippen LogP contribution in [0.1, 0.15) is 30.1 Å². The van der Waals surface area contributed by atoms with E-state index in [1.165, 1.54) is 22.8 Å². The number of Topliss-reactive ketones (excluding diaryl/α,β-unsaturated/α-hetero) is 1. The van der Waals surface area contributed by atoms with Gasteiger partial charge < -0.3 is 15.5 Å². The molecule has 0 spiro atoms.